The van der Waals surface area contributed by atoms with E-state index in [-0.39, 0.29) is 18.8 Å². The van der Waals surface area contributed by atoms with Crippen LogP contribution in [0.4, 0.5) is 13.2 Å². The number of ether oxygens (including phenoxy) is 1. The number of piperidine rings is 1. The Hall–Kier alpha value is -0.490. The highest BCUT2D eigenvalue weighted by molar-refractivity contribution is 5.85. The van der Waals surface area contributed by atoms with Gasteiger partial charge in [-0.25, -0.2) is 0 Å². The number of methoxy groups -OCH3 is 1. The van der Waals surface area contributed by atoms with Crippen LogP contribution < -0.4 is 5.32 Å². The summed E-state index contributed by atoms with van der Waals surface area (Å²) in [7, 11) is 1.23. The highest BCUT2D eigenvalue weighted by Gasteiger charge is 2.68. The Morgan fingerprint density at radius 2 is 2.07 bits per heavy atom. The van der Waals surface area contributed by atoms with Crippen molar-refractivity contribution < 1.29 is 22.7 Å². The van der Waals surface area contributed by atoms with Crippen molar-refractivity contribution in [1.29, 1.82) is 0 Å². The van der Waals surface area contributed by atoms with Crippen molar-refractivity contribution in [1.82, 2.24) is 5.32 Å². The molecule has 7 heteroatoms. The van der Waals surface area contributed by atoms with Crippen LogP contribution in [0.25, 0.3) is 0 Å². The van der Waals surface area contributed by atoms with Crippen LogP contribution >= 0.6 is 12.4 Å². The van der Waals surface area contributed by atoms with Crippen molar-refractivity contribution in [3.8, 4) is 0 Å². The molecule has 88 valence electrons. The summed E-state index contributed by atoms with van der Waals surface area (Å²) in [5, 5.41) is 2.64. The lowest BCUT2D eigenvalue weighted by molar-refractivity contribution is -0.157. The molecule has 4 atom stereocenters. The van der Waals surface area contributed by atoms with Crippen LogP contribution in [0.2, 0.25) is 0 Å². The lowest BCUT2D eigenvalue weighted by atomic mass is 10.1. The monoisotopic (exact) mass is 245 g/mol. The van der Waals surface area contributed by atoms with Gasteiger partial charge >= 0.3 is 12.1 Å². The molecule has 0 spiro atoms. The fourth-order valence-electron chi connectivity index (χ4n) is 2.22. The largest absolute Gasteiger partial charge is 0.468 e. The smallest absolute Gasteiger partial charge is 0.393 e. The Bertz CT molecular complexity index is 259. The Morgan fingerprint density at radius 1 is 1.47 bits per heavy atom. The van der Waals surface area contributed by atoms with Crippen molar-refractivity contribution >= 4 is 18.4 Å². The first kappa shape index (κ1) is 12.6. The first-order chi connectivity index (χ1) is 6.45. The van der Waals surface area contributed by atoms with Gasteiger partial charge in [0.15, 0.2) is 0 Å². The highest BCUT2D eigenvalue weighted by atomic mass is 35.5. The zero-order valence-corrected chi connectivity index (χ0v) is 8.69. The summed E-state index contributed by atoms with van der Waals surface area (Å²) < 4.78 is 41.1. The van der Waals surface area contributed by atoms with E-state index in [2.05, 4.69) is 10.1 Å². The third-order valence-electron chi connectivity index (χ3n) is 2.93. The second-order valence-electron chi connectivity index (χ2n) is 3.74. The number of rotatable bonds is 1. The van der Waals surface area contributed by atoms with Gasteiger partial charge in [-0.1, -0.05) is 0 Å². The first-order valence-electron chi connectivity index (χ1n) is 4.35. The summed E-state index contributed by atoms with van der Waals surface area (Å²) >= 11 is 0. The highest BCUT2D eigenvalue weighted by Crippen LogP contribution is 2.55. The van der Waals surface area contributed by atoms with Gasteiger partial charge in [0.25, 0.3) is 0 Å². The minimum absolute atomic E-state index is 0. The number of hydrogen-bond acceptors (Lipinski definition) is 3. The molecular formula is C8H11ClF3NO2. The number of halogens is 4. The molecule has 15 heavy (non-hydrogen) atoms. The van der Waals surface area contributed by atoms with E-state index in [1.54, 1.807) is 0 Å². The Morgan fingerprint density at radius 3 is 2.40 bits per heavy atom. The molecule has 2 rings (SSSR count). The number of hydrogen-bond donors (Lipinski definition) is 1. The van der Waals surface area contributed by atoms with Gasteiger partial charge in [0, 0.05) is 6.04 Å². The molecule has 1 saturated heterocycles. The normalized spacial score (nSPS) is 37.9. The molecule has 1 unspecified atom stereocenters. The van der Waals surface area contributed by atoms with Crippen LogP contribution in [-0.2, 0) is 9.53 Å². The summed E-state index contributed by atoms with van der Waals surface area (Å²) in [6, 6.07) is -1.12. The molecule has 1 aliphatic heterocycles. The molecule has 1 heterocycles. The van der Waals surface area contributed by atoms with Gasteiger partial charge < -0.3 is 10.1 Å². The minimum Gasteiger partial charge on any atom is -0.468 e. The van der Waals surface area contributed by atoms with Gasteiger partial charge in [-0.15, -0.1) is 12.4 Å². The van der Waals surface area contributed by atoms with E-state index in [1.165, 1.54) is 7.11 Å². The van der Waals surface area contributed by atoms with Crippen LogP contribution in [0, 0.1) is 11.8 Å². The van der Waals surface area contributed by atoms with Gasteiger partial charge in [0.1, 0.15) is 6.04 Å². The summed E-state index contributed by atoms with van der Waals surface area (Å²) in [5.41, 5.74) is 0. The van der Waals surface area contributed by atoms with Gasteiger partial charge in [0.2, 0.25) is 0 Å². The lowest BCUT2D eigenvalue weighted by Gasteiger charge is -2.14. The molecule has 0 aromatic heterocycles. The van der Waals surface area contributed by atoms with E-state index in [1.807, 2.05) is 0 Å². The van der Waals surface area contributed by atoms with Gasteiger partial charge in [-0.2, -0.15) is 13.2 Å². The molecule has 0 aromatic rings. The van der Waals surface area contributed by atoms with E-state index in [9.17, 15) is 18.0 Å². The average Bonchev–Trinajstić information content (AvgIpc) is 2.63. The number of nitrogens with one attached hydrogen (secondary N) is 1. The van der Waals surface area contributed by atoms with Crippen LogP contribution in [-0.4, -0.2) is 31.3 Å². The zero-order valence-electron chi connectivity index (χ0n) is 7.88. The predicted molar refractivity (Wildman–Crippen MR) is 47.6 cm³/mol. The standard InChI is InChI=1S/C8H10F3NO2.ClH/c1-14-7(13)4-2-3-5(6(3)12-4)8(9,10)11;/h3-6,12H,2H2,1H3;1H/t3-,4-,5?,6-;/m0./s1. The summed E-state index contributed by atoms with van der Waals surface area (Å²) in [6.07, 6.45) is -3.90. The number of esters is 1. The molecular weight excluding hydrogens is 235 g/mol. The van der Waals surface area contributed by atoms with E-state index >= 15 is 0 Å². The predicted octanol–water partition coefficient (Wildman–Crippen LogP) is 1.12. The Labute approximate surface area is 90.8 Å². The SMILES string of the molecule is COC(=O)[C@@H]1C[C@H]2C(C(F)(F)F)[C@H]2N1.Cl. The van der Waals surface area contributed by atoms with Crippen LogP contribution in [0.5, 0.6) is 0 Å². The molecule has 0 amide bonds. The van der Waals surface area contributed by atoms with Crippen LogP contribution in [0.15, 0.2) is 0 Å². The summed E-state index contributed by atoms with van der Waals surface area (Å²) in [6.45, 7) is 0. The molecule has 1 saturated carbocycles. The number of alkyl halides is 3. The van der Waals surface area contributed by atoms with Crippen LogP contribution in [0.3, 0.4) is 0 Å². The minimum atomic E-state index is -4.14. The van der Waals surface area contributed by atoms with Gasteiger partial charge in [-0.05, 0) is 12.3 Å². The van der Waals surface area contributed by atoms with Gasteiger partial charge in [0.05, 0.1) is 13.0 Å². The number of carbonyl (C=O) groups excluding carboxylic acids is 1. The summed E-state index contributed by atoms with van der Waals surface area (Å²) in [4.78, 5) is 11.0. The van der Waals surface area contributed by atoms with Crippen molar-refractivity contribution in [2.45, 2.75) is 24.7 Å². The average molecular weight is 246 g/mol. The molecule has 0 radical (unpaired) electrons. The van der Waals surface area contributed by atoms with Gasteiger partial charge in [-0.3, -0.25) is 4.79 Å². The van der Waals surface area contributed by atoms with Crippen molar-refractivity contribution in [3.63, 3.8) is 0 Å². The second-order valence-corrected chi connectivity index (χ2v) is 3.74. The van der Waals surface area contributed by atoms with E-state index in [0.717, 1.165) is 0 Å². The maximum Gasteiger partial charge on any atom is 0.393 e. The van der Waals surface area contributed by atoms with Crippen molar-refractivity contribution in [3.05, 3.63) is 0 Å². The third kappa shape index (κ3) is 2.06. The third-order valence-corrected chi connectivity index (χ3v) is 2.93. The van der Waals surface area contributed by atoms with Crippen molar-refractivity contribution in [2.24, 2.45) is 11.8 Å². The number of carbonyl (C=O) groups is 1. The molecule has 1 aliphatic carbocycles. The van der Waals surface area contributed by atoms with E-state index in [4.69, 9.17) is 0 Å². The van der Waals surface area contributed by atoms with E-state index < -0.39 is 36.1 Å². The summed E-state index contributed by atoms with van der Waals surface area (Å²) in [5.74, 6) is -2.17. The fraction of sp³-hybridized carbons (Fsp3) is 0.875. The molecule has 3 nitrogen and oxygen atoms in total. The zero-order chi connectivity index (χ0) is 10.5. The molecule has 1 N–H and O–H groups in total. The van der Waals surface area contributed by atoms with Crippen molar-refractivity contribution in [2.75, 3.05) is 7.11 Å². The molecule has 0 bridgehead atoms. The molecule has 0 aromatic carbocycles. The van der Waals surface area contributed by atoms with Crippen LogP contribution in [0.1, 0.15) is 6.42 Å². The number of fused-ring (bicyclic) bond motifs is 1. The quantitative estimate of drug-likeness (QED) is 0.704. The fourth-order valence-corrected chi connectivity index (χ4v) is 2.22. The first-order valence-corrected chi connectivity index (χ1v) is 4.35. The Balaban J connectivity index is 0.00000112. The second kappa shape index (κ2) is 3.83. The topological polar surface area (TPSA) is 38.3 Å². The molecule has 2 aliphatic rings. The lowest BCUT2D eigenvalue weighted by Crippen LogP contribution is -2.38. The Kier molecular flexibility index (Phi) is 3.21. The van der Waals surface area contributed by atoms with E-state index in [0.29, 0.717) is 0 Å². The molecule has 2 fully saturated rings. The maximum atomic E-state index is 12.2. The maximum absolute atomic E-state index is 12.2.